The average Bonchev–Trinajstić information content (AvgIpc) is 3.05. The van der Waals surface area contributed by atoms with E-state index in [1.807, 2.05) is 0 Å². The van der Waals surface area contributed by atoms with Gasteiger partial charge in [-0.05, 0) is 63.4 Å². The zero-order valence-corrected chi connectivity index (χ0v) is 17.4. The first kappa shape index (κ1) is 24.6. The van der Waals surface area contributed by atoms with Crippen molar-refractivity contribution in [1.82, 2.24) is 0 Å². The van der Waals surface area contributed by atoms with Crippen molar-refractivity contribution in [1.29, 1.82) is 0 Å². The third-order valence-electron chi connectivity index (χ3n) is 6.01. The highest BCUT2D eigenvalue weighted by Gasteiger charge is 2.34. The van der Waals surface area contributed by atoms with Crippen LogP contribution in [0, 0.1) is 11.8 Å². The summed E-state index contributed by atoms with van der Waals surface area (Å²) in [7, 11) is 0. The minimum atomic E-state index is -0.783. The minimum Gasteiger partial charge on any atom is -0.505 e. The fraction of sp³-hybridized carbons (Fsp3) is 0.739. The summed E-state index contributed by atoms with van der Waals surface area (Å²) in [5.41, 5.74) is -0.783. The number of rotatable bonds is 15. The molecule has 5 heteroatoms. The molecule has 0 aromatic heterocycles. The van der Waals surface area contributed by atoms with Crippen molar-refractivity contribution in [3.8, 4) is 0 Å². The Balaban J connectivity index is 2.38. The van der Waals surface area contributed by atoms with E-state index < -0.39 is 18.0 Å². The zero-order valence-electron chi connectivity index (χ0n) is 17.4. The summed E-state index contributed by atoms with van der Waals surface area (Å²) in [4.78, 5) is 23.3. The maximum Gasteiger partial charge on any atom is 0.221 e. The molecule has 0 amide bonds. The highest BCUT2D eigenvalue weighted by Crippen LogP contribution is 2.37. The molecule has 0 saturated heterocycles. The topological polar surface area (TPSA) is 94.8 Å². The number of hydrogen-bond acceptors (Lipinski definition) is 5. The predicted molar refractivity (Wildman–Crippen MR) is 111 cm³/mol. The molecule has 1 aliphatic carbocycles. The Bertz CT molecular complexity index is 539. The maximum absolute atomic E-state index is 12.3. The normalized spacial score (nSPS) is 22.2. The van der Waals surface area contributed by atoms with E-state index in [4.69, 9.17) is 5.11 Å². The lowest BCUT2D eigenvalue weighted by molar-refractivity contribution is -0.121. The molecule has 1 fully saturated rings. The first-order chi connectivity index (χ1) is 13.4. The van der Waals surface area contributed by atoms with Crippen LogP contribution < -0.4 is 0 Å². The summed E-state index contributed by atoms with van der Waals surface area (Å²) in [5.74, 6) is -0.194. The lowest BCUT2D eigenvalue weighted by atomic mass is 9.84. The molecule has 1 rings (SSSR count). The van der Waals surface area contributed by atoms with Crippen LogP contribution in [0.1, 0.15) is 84.0 Å². The molecular weight excluding hydrogens is 356 g/mol. The summed E-state index contributed by atoms with van der Waals surface area (Å²) in [5, 5.41) is 28.7. The molecule has 0 radical (unpaired) electrons. The van der Waals surface area contributed by atoms with Crippen molar-refractivity contribution in [2.45, 2.75) is 89.6 Å². The number of unbranched alkanes of at least 4 members (excludes halogenated alkanes) is 3. The van der Waals surface area contributed by atoms with E-state index in [9.17, 15) is 19.8 Å². The molecule has 0 bridgehead atoms. The number of carbonyl (C=O) groups excluding carboxylic acids is 2. The van der Waals surface area contributed by atoms with Crippen LogP contribution in [0.15, 0.2) is 24.5 Å². The summed E-state index contributed by atoms with van der Waals surface area (Å²) < 4.78 is 0. The first-order valence-corrected chi connectivity index (χ1v) is 10.8. The van der Waals surface area contributed by atoms with Gasteiger partial charge in [0.05, 0.1) is 5.60 Å². The number of aliphatic hydroxyl groups is 3. The van der Waals surface area contributed by atoms with Crippen molar-refractivity contribution < 1.29 is 24.9 Å². The molecule has 160 valence electrons. The molecule has 1 saturated carbocycles. The van der Waals surface area contributed by atoms with Gasteiger partial charge in [-0.15, -0.1) is 6.58 Å². The highest BCUT2D eigenvalue weighted by molar-refractivity contribution is 5.93. The van der Waals surface area contributed by atoms with Gasteiger partial charge in [-0.1, -0.05) is 32.3 Å². The fourth-order valence-electron chi connectivity index (χ4n) is 4.14. The van der Waals surface area contributed by atoms with Gasteiger partial charge >= 0.3 is 0 Å². The molecule has 3 N–H and O–H groups in total. The Labute approximate surface area is 169 Å². The van der Waals surface area contributed by atoms with E-state index in [0.29, 0.717) is 31.0 Å². The number of aliphatic hydroxyl groups excluding tert-OH is 2. The Morgan fingerprint density at radius 3 is 2.57 bits per heavy atom. The minimum absolute atomic E-state index is 0.101. The van der Waals surface area contributed by atoms with Gasteiger partial charge in [-0.2, -0.15) is 0 Å². The molecule has 5 nitrogen and oxygen atoms in total. The molecule has 0 spiro atoms. The summed E-state index contributed by atoms with van der Waals surface area (Å²) in [6.45, 7) is 5.22. The smallest absolute Gasteiger partial charge is 0.221 e. The van der Waals surface area contributed by atoms with Gasteiger partial charge in [-0.3, -0.25) is 9.59 Å². The third kappa shape index (κ3) is 8.27. The maximum atomic E-state index is 12.3. The number of carbonyl (C=O) groups is 2. The Hall–Kier alpha value is -1.46. The molecule has 0 heterocycles. The zero-order chi connectivity index (χ0) is 21.0. The van der Waals surface area contributed by atoms with Gasteiger partial charge in [0.1, 0.15) is 12.4 Å². The monoisotopic (exact) mass is 394 g/mol. The third-order valence-corrected chi connectivity index (χ3v) is 6.01. The first-order valence-electron chi connectivity index (χ1n) is 10.8. The number of hydrogen-bond donors (Lipinski definition) is 3. The second-order valence-electron chi connectivity index (χ2n) is 8.13. The van der Waals surface area contributed by atoms with Gasteiger partial charge in [0.15, 0.2) is 5.76 Å². The van der Waals surface area contributed by atoms with Crippen LogP contribution in [0.2, 0.25) is 0 Å². The summed E-state index contributed by atoms with van der Waals surface area (Å²) >= 11 is 0. The van der Waals surface area contributed by atoms with Crippen molar-refractivity contribution in [2.75, 3.05) is 6.61 Å². The summed E-state index contributed by atoms with van der Waals surface area (Å²) in [6, 6.07) is 0. The van der Waals surface area contributed by atoms with Crippen molar-refractivity contribution >= 4 is 11.6 Å². The Morgan fingerprint density at radius 2 is 1.93 bits per heavy atom. The largest absolute Gasteiger partial charge is 0.505 e. The van der Waals surface area contributed by atoms with Crippen molar-refractivity contribution in [3.63, 3.8) is 0 Å². The number of ketones is 2. The van der Waals surface area contributed by atoms with Crippen LogP contribution in [0.5, 0.6) is 0 Å². The molecule has 0 aromatic carbocycles. The highest BCUT2D eigenvalue weighted by atomic mass is 16.3. The van der Waals surface area contributed by atoms with Gasteiger partial charge < -0.3 is 15.3 Å². The van der Waals surface area contributed by atoms with Crippen LogP contribution >= 0.6 is 0 Å². The van der Waals surface area contributed by atoms with E-state index in [2.05, 4.69) is 13.5 Å². The SMILES string of the molecule is C=CC(O)(CCCC)CCC[C@H]1CCC(=O)[C@@H]1CCCCC=C(O)C(=O)CO. The van der Waals surface area contributed by atoms with Crippen LogP contribution in [-0.2, 0) is 9.59 Å². The lowest BCUT2D eigenvalue weighted by Crippen LogP contribution is -2.26. The van der Waals surface area contributed by atoms with E-state index >= 15 is 0 Å². The molecular formula is C23H38O5. The molecule has 28 heavy (non-hydrogen) atoms. The Morgan fingerprint density at radius 1 is 1.21 bits per heavy atom. The molecule has 0 aromatic rings. The van der Waals surface area contributed by atoms with E-state index in [1.165, 1.54) is 6.08 Å². The lowest BCUT2D eigenvalue weighted by Gasteiger charge is -2.25. The van der Waals surface area contributed by atoms with E-state index in [1.54, 1.807) is 6.08 Å². The predicted octanol–water partition coefficient (Wildman–Crippen LogP) is 4.42. The second kappa shape index (κ2) is 12.9. The van der Waals surface area contributed by atoms with Crippen LogP contribution in [-0.4, -0.2) is 39.1 Å². The molecule has 3 atom stereocenters. The standard InChI is InChI=1S/C23H38O5/c1-3-5-15-23(28,4-2)16-9-10-18-13-14-20(25)19(18)11-7-6-8-12-21(26)22(27)17-24/h4,12,18-19,24,26,28H,2-3,5-11,13-17H2,1H3/t18-,19+,23?/m0/s1. The summed E-state index contributed by atoms with van der Waals surface area (Å²) in [6.07, 6.45) is 13.1. The molecule has 1 aliphatic rings. The van der Waals surface area contributed by atoms with Crippen LogP contribution in [0.4, 0.5) is 0 Å². The van der Waals surface area contributed by atoms with Crippen LogP contribution in [0.25, 0.3) is 0 Å². The van der Waals surface area contributed by atoms with E-state index in [0.717, 1.165) is 57.8 Å². The second-order valence-corrected chi connectivity index (χ2v) is 8.13. The van der Waals surface area contributed by atoms with Gasteiger partial charge in [-0.25, -0.2) is 0 Å². The average molecular weight is 395 g/mol. The Kier molecular flexibility index (Phi) is 11.3. The van der Waals surface area contributed by atoms with Gasteiger partial charge in [0, 0.05) is 12.3 Å². The molecule has 0 aliphatic heterocycles. The van der Waals surface area contributed by atoms with Gasteiger partial charge in [0.25, 0.3) is 0 Å². The fourth-order valence-corrected chi connectivity index (χ4v) is 4.14. The van der Waals surface area contributed by atoms with Crippen molar-refractivity contribution in [2.24, 2.45) is 11.8 Å². The van der Waals surface area contributed by atoms with Crippen LogP contribution in [0.3, 0.4) is 0 Å². The molecule has 1 unspecified atom stereocenters. The van der Waals surface area contributed by atoms with Crippen molar-refractivity contribution in [3.05, 3.63) is 24.5 Å². The van der Waals surface area contributed by atoms with E-state index in [-0.39, 0.29) is 11.7 Å². The number of Topliss-reactive ketones (excluding diaryl/α,β-unsaturated/α-hetero) is 2. The number of allylic oxidation sites excluding steroid dienone is 1. The van der Waals surface area contributed by atoms with Gasteiger partial charge in [0.2, 0.25) is 5.78 Å². The quantitative estimate of drug-likeness (QED) is 0.165.